The average molecular weight is 223 g/mol. The zero-order valence-electron chi connectivity index (χ0n) is 8.18. The summed E-state index contributed by atoms with van der Waals surface area (Å²) in [5.74, 6) is 0. The first-order valence-electron chi connectivity index (χ1n) is 3.83. The summed E-state index contributed by atoms with van der Waals surface area (Å²) in [5, 5.41) is 0. The van der Waals surface area contributed by atoms with Crippen LogP contribution in [0.1, 0.15) is 19.8 Å². The molecule has 4 N–H and O–H groups in total. The third kappa shape index (κ3) is 22.5. The molecule has 0 saturated carbocycles. The normalized spacial score (nSPS) is 11.1. The maximum atomic E-state index is 8.74. The van der Waals surface area contributed by atoms with Crippen LogP contribution in [0.25, 0.3) is 0 Å². The minimum atomic E-state index is -4.67. The fourth-order valence-corrected chi connectivity index (χ4v) is 0.743. The lowest BCUT2D eigenvalue weighted by atomic mass is 9.95. The molecule has 0 radical (unpaired) electrons. The van der Waals surface area contributed by atoms with Crippen molar-refractivity contribution in [2.45, 2.75) is 25.3 Å². The van der Waals surface area contributed by atoms with Gasteiger partial charge in [0.25, 0.3) is 0 Å². The first kappa shape index (κ1) is 15.8. The molecule has 0 atom stereocenters. The van der Waals surface area contributed by atoms with Gasteiger partial charge >= 0.3 is 10.4 Å². The molecule has 0 bridgehead atoms. The molecule has 84 valence electrons. The van der Waals surface area contributed by atoms with E-state index in [9.17, 15) is 0 Å². The first-order valence-corrected chi connectivity index (χ1v) is 5.22. The van der Waals surface area contributed by atoms with Crippen LogP contribution in [-0.4, -0.2) is 23.1 Å². The van der Waals surface area contributed by atoms with Crippen molar-refractivity contribution in [2.24, 2.45) is 5.73 Å². The second kappa shape index (κ2) is 6.72. The molecule has 0 amide bonds. The molecule has 0 unspecified atom stereocenters. The molecule has 0 aromatic heterocycles. The van der Waals surface area contributed by atoms with E-state index < -0.39 is 10.4 Å². The van der Waals surface area contributed by atoms with E-state index in [1.165, 1.54) is 0 Å². The molecule has 0 aromatic rings. The van der Waals surface area contributed by atoms with Gasteiger partial charge in [-0.15, -0.1) is 13.2 Å². The molecule has 14 heavy (non-hydrogen) atoms. The Hall–Kier alpha value is -0.690. The van der Waals surface area contributed by atoms with Crippen molar-refractivity contribution >= 4 is 10.4 Å². The number of rotatable bonds is 4. The largest absolute Gasteiger partial charge is 0.394 e. The minimum absolute atomic E-state index is 0.135. The maximum absolute atomic E-state index is 8.74. The van der Waals surface area contributed by atoms with Crippen LogP contribution in [-0.2, 0) is 10.4 Å². The highest BCUT2D eigenvalue weighted by Crippen LogP contribution is 2.10. The third-order valence-electron chi connectivity index (χ3n) is 1.22. The van der Waals surface area contributed by atoms with Crippen LogP contribution in [0.2, 0.25) is 0 Å². The van der Waals surface area contributed by atoms with Crippen molar-refractivity contribution in [3.05, 3.63) is 25.3 Å². The van der Waals surface area contributed by atoms with Crippen LogP contribution in [0.3, 0.4) is 0 Å². The first-order chi connectivity index (χ1) is 6.12. The molecule has 5 nitrogen and oxygen atoms in total. The summed E-state index contributed by atoms with van der Waals surface area (Å²) in [6.45, 7) is 9.22. The molecule has 6 heteroatoms. The summed E-state index contributed by atoms with van der Waals surface area (Å²) in [7, 11) is -4.67. The summed E-state index contributed by atoms with van der Waals surface area (Å²) in [5.41, 5.74) is 5.66. The fraction of sp³-hybridized carbons (Fsp3) is 0.500. The molecule has 0 spiro atoms. The Morgan fingerprint density at radius 2 is 1.50 bits per heavy atom. The highest BCUT2D eigenvalue weighted by Gasteiger charge is 2.12. The van der Waals surface area contributed by atoms with E-state index in [1.807, 2.05) is 19.1 Å². The van der Waals surface area contributed by atoms with Crippen LogP contribution in [0, 0.1) is 0 Å². The van der Waals surface area contributed by atoms with Gasteiger partial charge in [-0.3, -0.25) is 9.11 Å². The van der Waals surface area contributed by atoms with Crippen molar-refractivity contribution in [1.82, 2.24) is 0 Å². The summed E-state index contributed by atoms with van der Waals surface area (Å²) >= 11 is 0. The monoisotopic (exact) mass is 223 g/mol. The van der Waals surface area contributed by atoms with Crippen LogP contribution in [0.5, 0.6) is 0 Å². The SMILES string of the molecule is C=CCC(C)(N)CC=C.O=S(=O)(O)O. The Kier molecular flexibility index (Phi) is 7.57. The quantitative estimate of drug-likeness (QED) is 0.491. The minimum Gasteiger partial charge on any atom is -0.325 e. The Labute approximate surface area is 84.9 Å². The van der Waals surface area contributed by atoms with E-state index in [1.54, 1.807) is 0 Å². The fourth-order valence-electron chi connectivity index (χ4n) is 0.743. The smallest absolute Gasteiger partial charge is 0.325 e. The zero-order valence-corrected chi connectivity index (χ0v) is 9.00. The van der Waals surface area contributed by atoms with Gasteiger partial charge in [0.2, 0.25) is 0 Å². The molecule has 0 aliphatic carbocycles. The highest BCUT2D eigenvalue weighted by atomic mass is 32.3. The lowest BCUT2D eigenvalue weighted by Gasteiger charge is -2.20. The van der Waals surface area contributed by atoms with Gasteiger partial charge in [-0.2, -0.15) is 8.42 Å². The molecule has 0 rings (SSSR count). The zero-order chi connectivity index (χ0) is 11.8. The van der Waals surface area contributed by atoms with Gasteiger partial charge in [-0.1, -0.05) is 12.2 Å². The van der Waals surface area contributed by atoms with E-state index >= 15 is 0 Å². The molecule has 0 fully saturated rings. The van der Waals surface area contributed by atoms with Crippen LogP contribution in [0.4, 0.5) is 0 Å². The molecule has 0 aromatic carbocycles. The van der Waals surface area contributed by atoms with Gasteiger partial charge in [0.1, 0.15) is 0 Å². The van der Waals surface area contributed by atoms with Crippen molar-refractivity contribution in [3.63, 3.8) is 0 Å². The van der Waals surface area contributed by atoms with Crippen LogP contribution >= 0.6 is 0 Å². The summed E-state index contributed by atoms with van der Waals surface area (Å²) in [4.78, 5) is 0. The van der Waals surface area contributed by atoms with Gasteiger partial charge in [-0.25, -0.2) is 0 Å². The van der Waals surface area contributed by atoms with Crippen molar-refractivity contribution in [3.8, 4) is 0 Å². The second-order valence-electron chi connectivity index (χ2n) is 3.09. The van der Waals surface area contributed by atoms with Gasteiger partial charge < -0.3 is 5.73 Å². The Bertz CT molecular complexity index is 249. The van der Waals surface area contributed by atoms with E-state index in [4.69, 9.17) is 23.3 Å². The molecule has 0 aliphatic heterocycles. The van der Waals surface area contributed by atoms with Crippen molar-refractivity contribution in [1.29, 1.82) is 0 Å². The van der Waals surface area contributed by atoms with E-state index in [-0.39, 0.29) is 5.54 Å². The van der Waals surface area contributed by atoms with Gasteiger partial charge in [0.15, 0.2) is 0 Å². The molecular weight excluding hydrogens is 206 g/mol. The van der Waals surface area contributed by atoms with Crippen molar-refractivity contribution in [2.75, 3.05) is 0 Å². The van der Waals surface area contributed by atoms with Gasteiger partial charge in [0, 0.05) is 5.54 Å². The van der Waals surface area contributed by atoms with E-state index in [2.05, 4.69) is 13.2 Å². The molecule has 0 saturated heterocycles. The maximum Gasteiger partial charge on any atom is 0.394 e. The van der Waals surface area contributed by atoms with Gasteiger partial charge in [0.05, 0.1) is 0 Å². The lowest BCUT2D eigenvalue weighted by molar-refractivity contribution is 0.381. The van der Waals surface area contributed by atoms with Crippen LogP contribution in [0.15, 0.2) is 25.3 Å². The van der Waals surface area contributed by atoms with Gasteiger partial charge in [-0.05, 0) is 19.8 Å². The summed E-state index contributed by atoms with van der Waals surface area (Å²) < 4.78 is 31.6. The Morgan fingerprint density at radius 3 is 1.64 bits per heavy atom. The average Bonchev–Trinajstić information content (AvgIpc) is 1.81. The number of hydrogen-bond acceptors (Lipinski definition) is 3. The predicted molar refractivity (Wildman–Crippen MR) is 56.4 cm³/mol. The third-order valence-corrected chi connectivity index (χ3v) is 1.22. The number of nitrogens with two attached hydrogens (primary N) is 1. The standard InChI is InChI=1S/C8H15N.H2O4S/c1-4-6-8(3,9)7-5-2;1-5(2,3)4/h4-5H,1-2,6-7,9H2,3H3;(H2,1,2,3,4). The predicted octanol–water partition coefficient (Wildman–Crippen LogP) is 1.20. The second-order valence-corrected chi connectivity index (χ2v) is 3.98. The topological polar surface area (TPSA) is 101 Å². The Morgan fingerprint density at radius 1 is 1.29 bits per heavy atom. The highest BCUT2D eigenvalue weighted by molar-refractivity contribution is 7.79. The number of hydrogen-bond donors (Lipinski definition) is 3. The molecule has 0 aliphatic rings. The van der Waals surface area contributed by atoms with Crippen LogP contribution < -0.4 is 5.73 Å². The Balaban J connectivity index is 0. The summed E-state index contributed by atoms with van der Waals surface area (Å²) in [6.07, 6.45) is 5.37. The summed E-state index contributed by atoms with van der Waals surface area (Å²) in [6, 6.07) is 0. The lowest BCUT2D eigenvalue weighted by Crippen LogP contribution is -2.34. The van der Waals surface area contributed by atoms with E-state index in [0.29, 0.717) is 0 Å². The molecule has 0 heterocycles. The van der Waals surface area contributed by atoms with E-state index in [0.717, 1.165) is 12.8 Å². The van der Waals surface area contributed by atoms with Crippen molar-refractivity contribution < 1.29 is 17.5 Å². The molecular formula is C8H17NO4S.